The molecule has 0 aliphatic rings. The summed E-state index contributed by atoms with van der Waals surface area (Å²) in [6, 6.07) is 37.1. The second-order valence-electron chi connectivity index (χ2n) is 9.81. The van der Waals surface area contributed by atoms with Crippen molar-refractivity contribution in [2.75, 3.05) is 0 Å². The Bertz CT molecular complexity index is 1640. The summed E-state index contributed by atoms with van der Waals surface area (Å²) in [7, 11) is 0. The molecule has 0 saturated heterocycles. The van der Waals surface area contributed by atoms with Gasteiger partial charge >= 0.3 is 0 Å². The normalized spacial score (nSPS) is 11.3. The molecule has 0 aliphatic heterocycles. The fourth-order valence-corrected chi connectivity index (χ4v) is 4.33. The molecule has 0 saturated carbocycles. The second-order valence-corrected chi connectivity index (χ2v) is 9.81. The fourth-order valence-electron chi connectivity index (χ4n) is 4.33. The Kier molecular flexibility index (Phi) is 14.9. The number of nitrogens with zero attached hydrogens (tertiary/aromatic N) is 3. The van der Waals surface area contributed by atoms with Gasteiger partial charge in [-0.3, -0.25) is 9.56 Å². The van der Waals surface area contributed by atoms with Crippen LogP contribution in [0.3, 0.4) is 0 Å². The van der Waals surface area contributed by atoms with Crippen molar-refractivity contribution in [3.63, 3.8) is 0 Å². The van der Waals surface area contributed by atoms with Gasteiger partial charge in [0.05, 0.1) is 16.7 Å². The lowest BCUT2D eigenvalue weighted by molar-refractivity contribution is 1.00. The Morgan fingerprint density at radius 1 is 0.744 bits per heavy atom. The van der Waals surface area contributed by atoms with Gasteiger partial charge in [-0.15, -0.1) is 0 Å². The molecule has 4 aromatic carbocycles. The van der Waals surface area contributed by atoms with Crippen molar-refractivity contribution >= 4 is 16.7 Å². The summed E-state index contributed by atoms with van der Waals surface area (Å²) in [4.78, 5) is 9.20. The van der Waals surface area contributed by atoms with Crippen molar-refractivity contribution in [3.8, 4) is 5.69 Å². The zero-order valence-electron chi connectivity index (χ0n) is 27.2. The lowest BCUT2D eigenvalue weighted by atomic mass is 10.1. The first kappa shape index (κ1) is 34.4. The number of allylic oxidation sites excluding steroid dienone is 4. The number of hydrogen-bond donors (Lipinski definition) is 0. The highest BCUT2D eigenvalue weighted by Crippen LogP contribution is 2.20. The van der Waals surface area contributed by atoms with Crippen LogP contribution >= 0.6 is 0 Å². The lowest BCUT2D eigenvalue weighted by Gasteiger charge is -2.05. The van der Waals surface area contributed by atoms with Crippen LogP contribution < -0.4 is 0 Å². The number of para-hydroxylation sites is 3. The number of aryl methyl sites for hydroxylation is 3. The molecule has 0 atom stereocenters. The molecule has 1 aromatic heterocycles. The summed E-state index contributed by atoms with van der Waals surface area (Å²) in [5, 5.41) is 0. The molecule has 222 valence electrons. The summed E-state index contributed by atoms with van der Waals surface area (Å²) in [6.45, 7) is 20.1. The van der Waals surface area contributed by atoms with Crippen molar-refractivity contribution < 1.29 is 0 Å². The van der Waals surface area contributed by atoms with Gasteiger partial charge in [0.25, 0.3) is 0 Å². The first-order chi connectivity index (χ1) is 20.8. The average molecular weight is 570 g/mol. The number of benzene rings is 4. The third-order valence-electron chi connectivity index (χ3n) is 6.42. The largest absolute Gasteiger partial charge is 0.297 e. The molecule has 43 heavy (non-hydrogen) atoms. The monoisotopic (exact) mass is 569 g/mol. The van der Waals surface area contributed by atoms with Crippen LogP contribution in [-0.2, 0) is 0 Å². The van der Waals surface area contributed by atoms with Crippen LogP contribution in [0.4, 0.5) is 0 Å². The fraction of sp³-hybridized carbons (Fsp3) is 0.200. The molecular formula is C40H47N3. The number of hydrogen-bond acceptors (Lipinski definition) is 2. The molecule has 0 amide bonds. The number of imidazole rings is 1. The Labute approximate surface area is 259 Å². The van der Waals surface area contributed by atoms with E-state index in [1.54, 1.807) is 6.08 Å². The van der Waals surface area contributed by atoms with Crippen LogP contribution in [0.2, 0.25) is 0 Å². The van der Waals surface area contributed by atoms with Gasteiger partial charge in [-0.25, -0.2) is 4.98 Å². The highest BCUT2D eigenvalue weighted by atomic mass is 15.1. The van der Waals surface area contributed by atoms with E-state index in [0.29, 0.717) is 0 Å². The van der Waals surface area contributed by atoms with E-state index in [0.717, 1.165) is 45.1 Å². The maximum absolute atomic E-state index is 4.65. The minimum atomic E-state index is 0.923. The van der Waals surface area contributed by atoms with E-state index in [9.17, 15) is 0 Å². The van der Waals surface area contributed by atoms with E-state index in [1.807, 2.05) is 108 Å². The van der Waals surface area contributed by atoms with Crippen molar-refractivity contribution in [1.82, 2.24) is 9.55 Å². The highest BCUT2D eigenvalue weighted by Gasteiger charge is 2.07. The molecule has 0 radical (unpaired) electrons. The molecular weight excluding hydrogens is 522 g/mol. The van der Waals surface area contributed by atoms with Gasteiger partial charge in [0, 0.05) is 11.4 Å². The van der Waals surface area contributed by atoms with E-state index in [4.69, 9.17) is 0 Å². The van der Waals surface area contributed by atoms with Crippen molar-refractivity contribution in [1.29, 1.82) is 0 Å². The van der Waals surface area contributed by atoms with Crippen LogP contribution in [0, 0.1) is 20.8 Å². The maximum Gasteiger partial charge on any atom is 0.111 e. The van der Waals surface area contributed by atoms with Crippen LogP contribution in [-0.4, -0.2) is 15.3 Å². The standard InChI is InChI=1S/C17H21N.C14H12N2.C7H8.C2H6/c1-6-9-14(4)17(7-2)18-15(5)16-11-8-10-13(3)12-16;1-11-15-13-9-5-6-10-14(13)16(11)12-7-3-2-4-8-12;1-7-5-3-2-4-6-7;1-2/h6-12H,2H2,1,3-5H3;2-10H,1H3;2-6H,1H3;1-2H3/b9-6-,17-14+,18-15?;;;. The molecule has 1 heterocycles. The first-order valence-electron chi connectivity index (χ1n) is 14.9. The zero-order chi connectivity index (χ0) is 31.6. The third-order valence-corrected chi connectivity index (χ3v) is 6.42. The summed E-state index contributed by atoms with van der Waals surface area (Å²) in [5.74, 6) is 1.02. The molecule has 0 fully saturated rings. The quantitative estimate of drug-likeness (QED) is 0.153. The number of rotatable bonds is 5. The minimum absolute atomic E-state index is 0.923. The zero-order valence-corrected chi connectivity index (χ0v) is 27.2. The molecule has 3 nitrogen and oxygen atoms in total. The van der Waals surface area contributed by atoms with Gasteiger partial charge in [0.1, 0.15) is 5.82 Å². The second kappa shape index (κ2) is 18.6. The first-order valence-corrected chi connectivity index (χ1v) is 14.9. The lowest BCUT2D eigenvalue weighted by Crippen LogP contribution is -1.96. The van der Waals surface area contributed by atoms with Crippen LogP contribution in [0.15, 0.2) is 150 Å². The number of aliphatic imine (C=N–C) groups is 1. The summed E-state index contributed by atoms with van der Waals surface area (Å²) in [5.41, 5.74) is 10.1. The van der Waals surface area contributed by atoms with Crippen molar-refractivity contribution in [2.45, 2.75) is 55.4 Å². The minimum Gasteiger partial charge on any atom is -0.297 e. The predicted octanol–water partition coefficient (Wildman–Crippen LogP) is 11.2. The number of aromatic nitrogens is 2. The Morgan fingerprint density at radius 2 is 1.33 bits per heavy atom. The van der Waals surface area contributed by atoms with E-state index in [-0.39, 0.29) is 0 Å². The SMILES string of the molecule is C=C/C(N=C(C)c1cccc(C)c1)=C(C)\C=C/C.CC.Cc1ccccc1.Cc1nc2ccccc2n1-c1ccccc1. The Hall–Kier alpha value is -4.76. The smallest absolute Gasteiger partial charge is 0.111 e. The van der Waals surface area contributed by atoms with Gasteiger partial charge in [0.15, 0.2) is 0 Å². The Morgan fingerprint density at radius 3 is 1.88 bits per heavy atom. The average Bonchev–Trinajstić information content (AvgIpc) is 3.38. The van der Waals surface area contributed by atoms with E-state index >= 15 is 0 Å². The Balaban J connectivity index is 0.000000235. The molecule has 0 aliphatic carbocycles. The van der Waals surface area contributed by atoms with Gasteiger partial charge in [-0.05, 0) is 83.0 Å². The van der Waals surface area contributed by atoms with Crippen LogP contribution in [0.25, 0.3) is 16.7 Å². The van der Waals surface area contributed by atoms with E-state index in [1.165, 1.54) is 11.1 Å². The highest BCUT2D eigenvalue weighted by molar-refractivity contribution is 5.99. The molecule has 0 unspecified atom stereocenters. The van der Waals surface area contributed by atoms with Gasteiger partial charge < -0.3 is 0 Å². The summed E-state index contributed by atoms with van der Waals surface area (Å²) < 4.78 is 2.18. The van der Waals surface area contributed by atoms with Gasteiger partial charge in [-0.1, -0.05) is 129 Å². The topological polar surface area (TPSA) is 30.2 Å². The molecule has 5 aromatic rings. The predicted molar refractivity (Wildman–Crippen MR) is 189 cm³/mol. The van der Waals surface area contributed by atoms with Crippen molar-refractivity contribution in [2.24, 2.45) is 4.99 Å². The van der Waals surface area contributed by atoms with E-state index in [2.05, 4.69) is 89.6 Å². The molecule has 5 rings (SSSR count). The molecule has 0 spiro atoms. The van der Waals surface area contributed by atoms with E-state index < -0.39 is 0 Å². The summed E-state index contributed by atoms with van der Waals surface area (Å²) >= 11 is 0. The summed E-state index contributed by atoms with van der Waals surface area (Å²) in [6.07, 6.45) is 5.86. The van der Waals surface area contributed by atoms with Crippen LogP contribution in [0.1, 0.15) is 57.1 Å². The van der Waals surface area contributed by atoms with Crippen molar-refractivity contribution in [3.05, 3.63) is 168 Å². The third kappa shape index (κ3) is 10.9. The molecule has 0 bridgehead atoms. The number of fused-ring (bicyclic) bond motifs is 1. The maximum atomic E-state index is 4.65. The van der Waals surface area contributed by atoms with Crippen LogP contribution in [0.5, 0.6) is 0 Å². The molecule has 3 heteroatoms. The van der Waals surface area contributed by atoms with Gasteiger partial charge in [0.2, 0.25) is 0 Å². The van der Waals surface area contributed by atoms with Gasteiger partial charge in [-0.2, -0.15) is 0 Å². The molecule has 0 N–H and O–H groups in total.